The zero-order valence-electron chi connectivity index (χ0n) is 16.0. The number of aliphatic imine (C=N–C) groups is 1. The van der Waals surface area contributed by atoms with E-state index in [9.17, 15) is 9.59 Å². The Hall–Kier alpha value is -2.90. The molecule has 0 saturated carbocycles. The first-order chi connectivity index (χ1) is 12.9. The molecule has 3 aliphatic heterocycles. The molecule has 0 aliphatic carbocycles. The maximum atomic E-state index is 13.1. The predicted octanol–water partition coefficient (Wildman–Crippen LogP) is 1.21. The lowest BCUT2D eigenvalue weighted by atomic mass is 10.1. The lowest BCUT2D eigenvalue weighted by Gasteiger charge is -2.34. The second-order valence-electron chi connectivity index (χ2n) is 7.40. The number of likely N-dealkylation sites (N-methyl/N-ethyl adjacent to an activating group) is 1. The number of imide groups is 1. The second kappa shape index (κ2) is 6.37. The number of urea groups is 1. The van der Waals surface area contributed by atoms with Crippen LogP contribution in [0.1, 0.15) is 13.8 Å². The molecule has 0 bridgehead atoms. The Morgan fingerprint density at radius 2 is 2.11 bits per heavy atom. The fraction of sp³-hybridized carbons (Fsp3) is 0.474. The summed E-state index contributed by atoms with van der Waals surface area (Å²) in [5.41, 5.74) is 0.954. The van der Waals surface area contributed by atoms with Crippen LogP contribution in [0.15, 0.2) is 29.3 Å². The van der Waals surface area contributed by atoms with Gasteiger partial charge in [-0.1, -0.05) is 24.9 Å². The summed E-state index contributed by atoms with van der Waals surface area (Å²) in [5, 5.41) is 0. The van der Waals surface area contributed by atoms with Gasteiger partial charge >= 0.3 is 12.0 Å². The molecule has 8 nitrogen and oxygen atoms in total. The average molecular weight is 370 g/mol. The number of hydrogen-bond acceptors (Lipinski definition) is 5. The number of benzene rings is 1. The zero-order chi connectivity index (χ0) is 19.3. The van der Waals surface area contributed by atoms with E-state index in [1.54, 1.807) is 14.2 Å². The van der Waals surface area contributed by atoms with E-state index < -0.39 is 6.04 Å². The normalized spacial score (nSPS) is 21.9. The van der Waals surface area contributed by atoms with Gasteiger partial charge in [-0.25, -0.2) is 14.3 Å². The van der Waals surface area contributed by atoms with Crippen molar-refractivity contribution in [2.75, 3.05) is 38.7 Å². The second-order valence-corrected chi connectivity index (χ2v) is 7.40. The van der Waals surface area contributed by atoms with Gasteiger partial charge in [-0.15, -0.1) is 0 Å². The molecule has 3 amide bonds. The third kappa shape index (κ3) is 2.67. The summed E-state index contributed by atoms with van der Waals surface area (Å²) < 4.78 is 7.31. The molecule has 8 heteroatoms. The van der Waals surface area contributed by atoms with E-state index in [4.69, 9.17) is 4.74 Å². The molecular formula is C19H24N5O3+. The molecule has 1 fully saturated rings. The van der Waals surface area contributed by atoms with Crippen LogP contribution in [0.2, 0.25) is 0 Å². The lowest BCUT2D eigenvalue weighted by molar-refractivity contribution is -0.525. The van der Waals surface area contributed by atoms with Crippen molar-refractivity contribution in [3.05, 3.63) is 24.3 Å². The first-order valence-electron chi connectivity index (χ1n) is 9.15. The minimum absolute atomic E-state index is 0.187. The van der Waals surface area contributed by atoms with Crippen LogP contribution < -0.4 is 9.64 Å². The molecule has 0 N–H and O–H groups in total. The highest BCUT2D eigenvalue weighted by Crippen LogP contribution is 2.28. The predicted molar refractivity (Wildman–Crippen MR) is 101 cm³/mol. The van der Waals surface area contributed by atoms with Crippen LogP contribution >= 0.6 is 0 Å². The number of hydrogen-bond donors (Lipinski definition) is 0. The van der Waals surface area contributed by atoms with Crippen LogP contribution in [-0.4, -0.2) is 77.9 Å². The molecule has 1 saturated heterocycles. The number of guanidine groups is 1. The maximum absolute atomic E-state index is 13.1. The summed E-state index contributed by atoms with van der Waals surface area (Å²) in [6.07, 6.45) is 0. The summed E-state index contributed by atoms with van der Waals surface area (Å²) in [7, 11) is 3.32. The molecule has 1 aromatic rings. The van der Waals surface area contributed by atoms with Gasteiger partial charge in [-0.2, -0.15) is 0 Å². The number of anilines is 1. The Labute approximate surface area is 158 Å². The Balaban J connectivity index is 1.71. The van der Waals surface area contributed by atoms with Crippen molar-refractivity contribution in [3.8, 4) is 5.75 Å². The molecule has 27 heavy (non-hydrogen) atoms. The monoisotopic (exact) mass is 370 g/mol. The van der Waals surface area contributed by atoms with Crippen LogP contribution in [-0.2, 0) is 4.79 Å². The molecule has 0 aromatic heterocycles. The Kier molecular flexibility index (Phi) is 4.13. The van der Waals surface area contributed by atoms with E-state index in [0.29, 0.717) is 24.9 Å². The van der Waals surface area contributed by atoms with E-state index in [-0.39, 0.29) is 17.9 Å². The molecule has 0 radical (unpaired) electrons. The van der Waals surface area contributed by atoms with Crippen molar-refractivity contribution in [2.24, 2.45) is 10.9 Å². The molecule has 3 aliphatic rings. The van der Waals surface area contributed by atoms with Gasteiger partial charge in [-0.3, -0.25) is 14.6 Å². The third-order valence-electron chi connectivity index (χ3n) is 5.11. The van der Waals surface area contributed by atoms with Crippen molar-refractivity contribution in [1.82, 2.24) is 9.80 Å². The average Bonchev–Trinajstić information content (AvgIpc) is 3.22. The fourth-order valence-corrected chi connectivity index (χ4v) is 3.81. The molecule has 1 unspecified atom stereocenters. The van der Waals surface area contributed by atoms with Gasteiger partial charge in [0, 0.05) is 19.7 Å². The van der Waals surface area contributed by atoms with Crippen LogP contribution in [0.3, 0.4) is 0 Å². The molecule has 142 valence electrons. The Morgan fingerprint density at radius 1 is 1.33 bits per heavy atom. The summed E-state index contributed by atoms with van der Waals surface area (Å²) in [6.45, 7) is 5.81. The zero-order valence-corrected chi connectivity index (χ0v) is 16.0. The number of fused-ring (bicyclic) bond motifs is 2. The fourth-order valence-electron chi connectivity index (χ4n) is 3.81. The standard InChI is InChI=1S/C19H24N5O3/c1-12(2)11-24-17(25)15-16(21(3)19(24)26)20-18-22(8-9-23(15)18)13-6-5-7-14(10-13)27-4/h5-7,10,12,15H,8-9,11H2,1-4H3/q+1. The highest BCUT2D eigenvalue weighted by molar-refractivity contribution is 6.24. The first kappa shape index (κ1) is 17.5. The number of rotatable bonds is 4. The Morgan fingerprint density at radius 3 is 2.81 bits per heavy atom. The molecule has 0 spiro atoms. The summed E-state index contributed by atoms with van der Waals surface area (Å²) in [4.78, 5) is 35.4. The maximum Gasteiger partial charge on any atom is 0.397 e. The Bertz CT molecular complexity index is 876. The molecule has 3 heterocycles. The van der Waals surface area contributed by atoms with E-state index >= 15 is 0 Å². The number of carbonyl (C=O) groups is 2. The highest BCUT2D eigenvalue weighted by Gasteiger charge is 2.55. The van der Waals surface area contributed by atoms with E-state index in [1.807, 2.05) is 42.7 Å². The largest absolute Gasteiger partial charge is 0.497 e. The number of ether oxygens (including phenoxy) is 1. The van der Waals surface area contributed by atoms with Crippen molar-refractivity contribution in [3.63, 3.8) is 0 Å². The number of carbonyl (C=O) groups excluding carboxylic acids is 2. The van der Waals surface area contributed by atoms with Crippen molar-refractivity contribution < 1.29 is 18.9 Å². The minimum Gasteiger partial charge on any atom is -0.497 e. The van der Waals surface area contributed by atoms with E-state index in [1.165, 1.54) is 9.80 Å². The van der Waals surface area contributed by atoms with Gasteiger partial charge in [0.05, 0.1) is 13.7 Å². The smallest absolute Gasteiger partial charge is 0.397 e. The van der Waals surface area contributed by atoms with Crippen LogP contribution in [0.25, 0.3) is 0 Å². The first-order valence-corrected chi connectivity index (χ1v) is 9.15. The summed E-state index contributed by atoms with van der Waals surface area (Å²) in [5.74, 6) is 2.01. The van der Waals surface area contributed by atoms with Crippen molar-refractivity contribution in [2.45, 2.75) is 19.9 Å². The SMILES string of the molecule is COc1cccc(N2CC[N+]3=C2N=C2C3C(=O)N(CC(C)C)C(=O)N2C)c1. The third-order valence-corrected chi connectivity index (χ3v) is 5.11. The number of methoxy groups -OCH3 is 1. The van der Waals surface area contributed by atoms with Crippen LogP contribution in [0.5, 0.6) is 5.75 Å². The number of amidine groups is 1. The lowest BCUT2D eigenvalue weighted by Crippen LogP contribution is -2.63. The topological polar surface area (TPSA) is 68.5 Å². The van der Waals surface area contributed by atoms with E-state index in [0.717, 1.165) is 18.0 Å². The van der Waals surface area contributed by atoms with Gasteiger partial charge in [0.25, 0.3) is 5.91 Å². The van der Waals surface area contributed by atoms with Gasteiger partial charge < -0.3 is 4.74 Å². The van der Waals surface area contributed by atoms with Gasteiger partial charge in [0.15, 0.2) is 0 Å². The quantitative estimate of drug-likeness (QED) is 0.748. The summed E-state index contributed by atoms with van der Waals surface area (Å²) >= 11 is 0. The van der Waals surface area contributed by atoms with Gasteiger partial charge in [0.2, 0.25) is 11.9 Å². The van der Waals surface area contributed by atoms with Gasteiger partial charge in [0.1, 0.15) is 18.0 Å². The molecule has 4 rings (SSSR count). The van der Waals surface area contributed by atoms with Crippen LogP contribution in [0, 0.1) is 5.92 Å². The highest BCUT2D eigenvalue weighted by atomic mass is 16.5. The van der Waals surface area contributed by atoms with Crippen LogP contribution in [0.4, 0.5) is 10.5 Å². The molecule has 1 aromatic carbocycles. The van der Waals surface area contributed by atoms with E-state index in [2.05, 4.69) is 9.89 Å². The summed E-state index contributed by atoms with van der Waals surface area (Å²) in [6, 6.07) is 6.92. The number of nitrogens with zero attached hydrogens (tertiary/aromatic N) is 5. The van der Waals surface area contributed by atoms with Crippen molar-refractivity contribution >= 4 is 29.4 Å². The molecule has 1 atom stereocenters. The number of amides is 3. The molecular weight excluding hydrogens is 346 g/mol. The van der Waals surface area contributed by atoms with Crippen molar-refractivity contribution in [1.29, 1.82) is 0 Å². The minimum atomic E-state index is -0.531. The van der Waals surface area contributed by atoms with Gasteiger partial charge in [-0.05, 0) is 18.1 Å².